The Morgan fingerprint density at radius 1 is 0.953 bits per heavy atom. The zero-order valence-corrected chi connectivity index (χ0v) is 23.1. The molecule has 0 spiro atoms. The molecule has 5 unspecified atom stereocenters. The van der Waals surface area contributed by atoms with Crippen LogP contribution in [0.2, 0.25) is 0 Å². The van der Waals surface area contributed by atoms with E-state index in [2.05, 4.69) is 10.1 Å². The molecule has 0 bridgehead atoms. The third-order valence-electron chi connectivity index (χ3n) is 7.25. The largest absolute Gasteiger partial charge is 0.462 e. The molecule has 220 valence electrons. The van der Waals surface area contributed by atoms with E-state index in [1.807, 2.05) is 61.5 Å². The van der Waals surface area contributed by atoms with E-state index in [-0.39, 0.29) is 5.49 Å². The summed E-state index contributed by atoms with van der Waals surface area (Å²) in [6, 6.07) is 24.2. The quantitative estimate of drug-likeness (QED) is 0.181. The lowest BCUT2D eigenvalue weighted by Crippen LogP contribution is -2.60. The molecule has 1 aliphatic rings. The van der Waals surface area contributed by atoms with Gasteiger partial charge in [0.1, 0.15) is 42.2 Å². The van der Waals surface area contributed by atoms with E-state index in [0.717, 1.165) is 16.8 Å². The summed E-state index contributed by atoms with van der Waals surface area (Å²) in [6.45, 7) is 1.47. The van der Waals surface area contributed by atoms with Crippen LogP contribution < -0.4 is 10.2 Å². The highest BCUT2D eigenvalue weighted by Crippen LogP contribution is 2.27. The van der Waals surface area contributed by atoms with Crippen molar-refractivity contribution in [1.29, 1.82) is 5.41 Å². The number of hydrogen-bond acceptors (Lipinski definition) is 10. The van der Waals surface area contributed by atoms with Crippen molar-refractivity contribution in [2.75, 3.05) is 6.61 Å². The Kier molecular flexibility index (Phi) is 7.84. The van der Waals surface area contributed by atoms with E-state index in [1.54, 1.807) is 35.2 Å². The summed E-state index contributed by atoms with van der Waals surface area (Å²) in [4.78, 5) is 4.63. The third-order valence-corrected chi connectivity index (χ3v) is 7.25. The molecule has 0 aliphatic carbocycles. The molecule has 12 heteroatoms. The second kappa shape index (κ2) is 11.9. The van der Waals surface area contributed by atoms with Gasteiger partial charge < -0.3 is 29.9 Å². The molecule has 1 aliphatic heterocycles. The standard InChI is InChI=1S/C31H30N6O6/c1-18-7-11-21(12-8-18)37-30-24(25(35-37)20-5-3-2-4-6-20)29(32)36(17-33-30)34-15-19-9-13-22(14-10-19)42-31-28(41)27(40)26(39)23(16-38)43-31/h2-15,17,23,26-28,31-32,38-41H,16H2,1H3/b32-29?,34-15-. The molecular weight excluding hydrogens is 552 g/mol. The van der Waals surface area contributed by atoms with E-state index in [4.69, 9.17) is 20.0 Å². The Hall–Kier alpha value is -4.72. The van der Waals surface area contributed by atoms with Crippen molar-refractivity contribution in [3.8, 4) is 22.7 Å². The van der Waals surface area contributed by atoms with Crippen LogP contribution in [0.25, 0.3) is 28.0 Å². The topological polar surface area (TPSA) is 171 Å². The smallest absolute Gasteiger partial charge is 0.229 e. The van der Waals surface area contributed by atoms with Gasteiger partial charge in [-0.05, 0) is 48.9 Å². The Bertz CT molecular complexity index is 1800. The lowest BCUT2D eigenvalue weighted by Gasteiger charge is -2.39. The zero-order valence-electron chi connectivity index (χ0n) is 23.1. The molecule has 5 atom stereocenters. The van der Waals surface area contributed by atoms with E-state index in [0.29, 0.717) is 28.0 Å². The second-order valence-corrected chi connectivity index (χ2v) is 10.2. The molecule has 43 heavy (non-hydrogen) atoms. The molecule has 0 saturated carbocycles. The number of aliphatic hydroxyl groups excluding tert-OH is 4. The Morgan fingerprint density at radius 2 is 1.67 bits per heavy atom. The number of aliphatic hydroxyl groups is 4. The van der Waals surface area contributed by atoms with Crippen molar-refractivity contribution >= 4 is 17.2 Å². The summed E-state index contributed by atoms with van der Waals surface area (Å²) in [7, 11) is 0. The van der Waals surface area contributed by atoms with Crippen LogP contribution in [0.1, 0.15) is 11.1 Å². The first-order valence-corrected chi connectivity index (χ1v) is 13.6. The average Bonchev–Trinajstić information content (AvgIpc) is 3.43. The van der Waals surface area contributed by atoms with Crippen LogP contribution in [0.4, 0.5) is 0 Å². The predicted octanol–water partition coefficient (Wildman–Crippen LogP) is 1.74. The number of aryl methyl sites for hydroxylation is 1. The summed E-state index contributed by atoms with van der Waals surface area (Å²) < 4.78 is 14.2. The summed E-state index contributed by atoms with van der Waals surface area (Å²) in [5, 5.41) is 58.4. The molecule has 1 fully saturated rings. The molecule has 0 amide bonds. The fourth-order valence-electron chi connectivity index (χ4n) is 4.84. The van der Waals surface area contributed by atoms with E-state index < -0.39 is 37.3 Å². The number of aromatic nitrogens is 4. The number of nitrogens with one attached hydrogen (secondary N) is 1. The average molecular weight is 583 g/mol. The van der Waals surface area contributed by atoms with Crippen LogP contribution in [0.15, 0.2) is 90.3 Å². The van der Waals surface area contributed by atoms with Gasteiger partial charge in [-0.1, -0.05) is 48.0 Å². The first-order chi connectivity index (χ1) is 20.8. The maximum Gasteiger partial charge on any atom is 0.229 e. The maximum absolute atomic E-state index is 10.2. The van der Waals surface area contributed by atoms with Gasteiger partial charge in [0.15, 0.2) is 11.1 Å². The van der Waals surface area contributed by atoms with Crippen molar-refractivity contribution in [1.82, 2.24) is 19.4 Å². The summed E-state index contributed by atoms with van der Waals surface area (Å²) in [6.07, 6.45) is -3.82. The van der Waals surface area contributed by atoms with Crippen molar-refractivity contribution in [2.24, 2.45) is 5.10 Å². The van der Waals surface area contributed by atoms with Crippen LogP contribution in [-0.4, -0.2) is 83.4 Å². The van der Waals surface area contributed by atoms with Gasteiger partial charge in [-0.25, -0.2) is 14.3 Å². The number of fused-ring (bicyclic) bond motifs is 1. The molecule has 6 rings (SSSR count). The van der Waals surface area contributed by atoms with Crippen molar-refractivity contribution in [3.63, 3.8) is 0 Å². The molecule has 1 saturated heterocycles. The fourth-order valence-corrected chi connectivity index (χ4v) is 4.84. The highest BCUT2D eigenvalue weighted by molar-refractivity contribution is 5.91. The monoisotopic (exact) mass is 582 g/mol. The summed E-state index contributed by atoms with van der Waals surface area (Å²) in [5.41, 5.74) is 4.76. The minimum atomic E-state index is -1.53. The zero-order chi connectivity index (χ0) is 30.1. The second-order valence-electron chi connectivity index (χ2n) is 10.2. The van der Waals surface area contributed by atoms with Gasteiger partial charge in [0.25, 0.3) is 0 Å². The van der Waals surface area contributed by atoms with E-state index in [1.165, 1.54) is 11.0 Å². The number of ether oxygens (including phenoxy) is 2. The Labute approximate surface area is 245 Å². The van der Waals surface area contributed by atoms with Gasteiger partial charge in [0.2, 0.25) is 6.29 Å². The molecule has 2 aromatic heterocycles. The lowest BCUT2D eigenvalue weighted by molar-refractivity contribution is -0.277. The predicted molar refractivity (Wildman–Crippen MR) is 157 cm³/mol. The third kappa shape index (κ3) is 5.57. The van der Waals surface area contributed by atoms with Gasteiger partial charge in [-0.2, -0.15) is 10.2 Å². The van der Waals surface area contributed by atoms with Crippen LogP contribution >= 0.6 is 0 Å². The summed E-state index contributed by atoms with van der Waals surface area (Å²) in [5.74, 6) is 0.328. The fraction of sp³-hybridized carbons (Fsp3) is 0.226. The van der Waals surface area contributed by atoms with E-state index in [9.17, 15) is 20.4 Å². The minimum Gasteiger partial charge on any atom is -0.462 e. The molecule has 3 aromatic carbocycles. The molecule has 5 aromatic rings. The van der Waals surface area contributed by atoms with Crippen molar-refractivity contribution in [3.05, 3.63) is 102 Å². The SMILES string of the molecule is Cc1ccc(-n2nc(-c3ccccc3)c3c(=N)n(/N=C\c4ccc(OC5OC(CO)C(O)C(O)C5O)cc4)cnc32)cc1. The number of hydrogen-bond donors (Lipinski definition) is 5. The van der Waals surface area contributed by atoms with Gasteiger partial charge in [-0.3, -0.25) is 5.41 Å². The van der Waals surface area contributed by atoms with Crippen LogP contribution in [0.3, 0.4) is 0 Å². The Morgan fingerprint density at radius 3 is 2.37 bits per heavy atom. The number of rotatable bonds is 7. The van der Waals surface area contributed by atoms with Crippen LogP contribution in [-0.2, 0) is 4.74 Å². The van der Waals surface area contributed by atoms with Crippen LogP contribution in [0, 0.1) is 12.3 Å². The first-order valence-electron chi connectivity index (χ1n) is 13.6. The lowest BCUT2D eigenvalue weighted by atomic mass is 9.99. The van der Waals surface area contributed by atoms with Gasteiger partial charge in [0, 0.05) is 5.56 Å². The minimum absolute atomic E-state index is 0.112. The molecule has 3 heterocycles. The van der Waals surface area contributed by atoms with Crippen LogP contribution in [0.5, 0.6) is 5.75 Å². The molecular formula is C31H30N6O6. The highest BCUT2D eigenvalue weighted by Gasteiger charge is 2.44. The van der Waals surface area contributed by atoms with Gasteiger partial charge in [0.05, 0.1) is 23.9 Å². The number of nitrogens with zero attached hydrogens (tertiary/aromatic N) is 5. The molecule has 0 radical (unpaired) electrons. The normalized spacial score (nSPS) is 22.3. The van der Waals surface area contributed by atoms with Crippen molar-refractivity contribution < 1.29 is 29.9 Å². The van der Waals surface area contributed by atoms with Gasteiger partial charge >= 0.3 is 0 Å². The van der Waals surface area contributed by atoms with Gasteiger partial charge in [-0.15, -0.1) is 0 Å². The highest BCUT2D eigenvalue weighted by atomic mass is 16.7. The first kappa shape index (κ1) is 28.4. The van der Waals surface area contributed by atoms with Crippen molar-refractivity contribution in [2.45, 2.75) is 37.6 Å². The molecule has 12 nitrogen and oxygen atoms in total. The maximum atomic E-state index is 10.2. The molecule has 5 N–H and O–H groups in total. The summed E-state index contributed by atoms with van der Waals surface area (Å²) >= 11 is 0. The Balaban J connectivity index is 1.28. The van der Waals surface area contributed by atoms with E-state index >= 15 is 0 Å². The number of benzene rings is 3.